The highest BCUT2D eigenvalue weighted by Gasteiger charge is 2.26. The summed E-state index contributed by atoms with van der Waals surface area (Å²) in [6, 6.07) is 9.61. The number of halogens is 1. The Balaban J connectivity index is 2.34. The van der Waals surface area contributed by atoms with Crippen LogP contribution in [0.2, 0.25) is 5.02 Å². The van der Waals surface area contributed by atoms with Crippen LogP contribution in [0.4, 0.5) is 0 Å². The van der Waals surface area contributed by atoms with E-state index in [9.17, 15) is 13.2 Å². The van der Waals surface area contributed by atoms with E-state index >= 15 is 0 Å². The van der Waals surface area contributed by atoms with Gasteiger partial charge in [-0.05, 0) is 54.3 Å². The average molecular weight is 424 g/mol. The smallest absolute Gasteiger partial charge is 0.343 e. The van der Waals surface area contributed by atoms with Crippen LogP contribution in [0, 0.1) is 6.92 Å². The summed E-state index contributed by atoms with van der Waals surface area (Å²) in [5.41, 5.74) is 2.33. The van der Waals surface area contributed by atoms with E-state index in [4.69, 9.17) is 16.3 Å². The van der Waals surface area contributed by atoms with Crippen LogP contribution in [0.1, 0.15) is 55.1 Å². The van der Waals surface area contributed by atoms with Gasteiger partial charge >= 0.3 is 5.97 Å². The molecule has 5 nitrogen and oxygen atoms in total. The second-order valence-electron chi connectivity index (χ2n) is 6.80. The molecule has 0 atom stereocenters. The summed E-state index contributed by atoms with van der Waals surface area (Å²) < 4.78 is 32.3. The van der Waals surface area contributed by atoms with Crippen molar-refractivity contribution in [3.8, 4) is 5.75 Å². The van der Waals surface area contributed by atoms with Crippen LogP contribution in [0.25, 0.3) is 0 Å². The minimum Gasteiger partial charge on any atom is -0.423 e. The van der Waals surface area contributed by atoms with Gasteiger partial charge in [0.15, 0.2) is 0 Å². The van der Waals surface area contributed by atoms with Gasteiger partial charge < -0.3 is 4.74 Å². The van der Waals surface area contributed by atoms with Crippen molar-refractivity contribution in [2.75, 3.05) is 13.1 Å². The third-order valence-electron chi connectivity index (χ3n) is 4.56. The predicted molar refractivity (Wildman–Crippen MR) is 112 cm³/mol. The summed E-state index contributed by atoms with van der Waals surface area (Å²) in [5.74, 6) is 0.146. The monoisotopic (exact) mass is 423 g/mol. The molecule has 0 radical (unpaired) electrons. The molecule has 2 aromatic rings. The molecular formula is C21H26ClNO4S. The molecule has 0 saturated carbocycles. The Morgan fingerprint density at radius 1 is 1.11 bits per heavy atom. The first kappa shape index (κ1) is 22.4. The SMILES string of the molecule is CCN(CC)S(=O)(=O)c1cc(C(=O)Oc2ccc(C(C)C)c(C)c2)ccc1Cl. The van der Waals surface area contributed by atoms with E-state index in [1.165, 1.54) is 28.1 Å². The Bertz CT molecular complexity index is 966. The van der Waals surface area contributed by atoms with Crippen molar-refractivity contribution in [3.05, 3.63) is 58.1 Å². The van der Waals surface area contributed by atoms with Gasteiger partial charge in [0.25, 0.3) is 0 Å². The van der Waals surface area contributed by atoms with Gasteiger partial charge in [0.2, 0.25) is 10.0 Å². The Morgan fingerprint density at radius 2 is 1.75 bits per heavy atom. The molecule has 0 fully saturated rings. The molecule has 0 N–H and O–H groups in total. The zero-order valence-electron chi connectivity index (χ0n) is 16.8. The van der Waals surface area contributed by atoms with Crippen LogP contribution in [-0.2, 0) is 10.0 Å². The Morgan fingerprint density at radius 3 is 2.29 bits per heavy atom. The lowest BCUT2D eigenvalue weighted by molar-refractivity contribution is 0.0734. The second kappa shape index (κ2) is 9.07. The lowest BCUT2D eigenvalue weighted by Gasteiger charge is -2.19. The van der Waals surface area contributed by atoms with Gasteiger partial charge in [0, 0.05) is 13.1 Å². The maximum atomic E-state index is 12.8. The topological polar surface area (TPSA) is 63.7 Å². The fourth-order valence-corrected chi connectivity index (χ4v) is 5.01. The molecule has 0 aromatic heterocycles. The molecule has 0 saturated heterocycles. The molecule has 0 bridgehead atoms. The molecule has 0 aliphatic rings. The van der Waals surface area contributed by atoms with Crippen LogP contribution in [0.5, 0.6) is 5.75 Å². The van der Waals surface area contributed by atoms with Crippen molar-refractivity contribution in [1.82, 2.24) is 4.31 Å². The number of rotatable bonds is 7. The molecular weight excluding hydrogens is 398 g/mol. The predicted octanol–water partition coefficient (Wildman–Crippen LogP) is 5.02. The zero-order chi connectivity index (χ0) is 21.1. The molecule has 152 valence electrons. The van der Waals surface area contributed by atoms with E-state index in [0.29, 0.717) is 24.8 Å². The fourth-order valence-electron chi connectivity index (χ4n) is 3.06. The first-order valence-electron chi connectivity index (χ1n) is 9.24. The van der Waals surface area contributed by atoms with Crippen LogP contribution < -0.4 is 4.74 Å². The van der Waals surface area contributed by atoms with E-state index in [1.807, 2.05) is 13.0 Å². The molecule has 2 aromatic carbocycles. The van der Waals surface area contributed by atoms with Crippen molar-refractivity contribution in [2.45, 2.75) is 45.4 Å². The maximum absolute atomic E-state index is 12.8. The minimum absolute atomic E-state index is 0.0700. The fraction of sp³-hybridized carbons (Fsp3) is 0.381. The third kappa shape index (κ3) is 4.74. The number of ether oxygens (including phenoxy) is 1. The largest absolute Gasteiger partial charge is 0.423 e. The van der Waals surface area contributed by atoms with Crippen molar-refractivity contribution in [1.29, 1.82) is 0 Å². The standard InChI is InChI=1S/C21H26ClNO4S/c1-6-23(7-2)28(25,26)20-13-16(8-11-19(20)22)21(24)27-17-9-10-18(14(3)4)15(5)12-17/h8-14H,6-7H2,1-5H3. The number of carbonyl (C=O) groups excluding carboxylic acids is 1. The molecule has 0 aliphatic heterocycles. The first-order chi connectivity index (χ1) is 13.1. The highest BCUT2D eigenvalue weighted by atomic mass is 35.5. The summed E-state index contributed by atoms with van der Waals surface area (Å²) in [7, 11) is -3.79. The number of benzene rings is 2. The van der Waals surface area contributed by atoms with E-state index in [1.54, 1.807) is 26.0 Å². The molecule has 0 amide bonds. The van der Waals surface area contributed by atoms with Crippen molar-refractivity contribution >= 4 is 27.6 Å². The molecule has 0 unspecified atom stereocenters. The van der Waals surface area contributed by atoms with Gasteiger partial charge in [-0.2, -0.15) is 4.31 Å². The number of esters is 1. The number of carbonyl (C=O) groups is 1. The minimum atomic E-state index is -3.79. The molecule has 0 spiro atoms. The molecule has 0 aliphatic carbocycles. The number of hydrogen-bond acceptors (Lipinski definition) is 4. The lowest BCUT2D eigenvalue weighted by Crippen LogP contribution is -2.31. The van der Waals surface area contributed by atoms with Gasteiger partial charge in [-0.15, -0.1) is 0 Å². The van der Waals surface area contributed by atoms with Gasteiger partial charge in [-0.25, -0.2) is 13.2 Å². The summed E-state index contributed by atoms with van der Waals surface area (Å²) >= 11 is 6.11. The van der Waals surface area contributed by atoms with E-state index in [0.717, 1.165) is 5.56 Å². The van der Waals surface area contributed by atoms with E-state index < -0.39 is 16.0 Å². The quantitative estimate of drug-likeness (QED) is 0.463. The van der Waals surface area contributed by atoms with Gasteiger partial charge in [0.1, 0.15) is 10.6 Å². The summed E-state index contributed by atoms with van der Waals surface area (Å²) in [5, 5.41) is 0.0700. The second-order valence-corrected chi connectivity index (χ2v) is 9.11. The average Bonchev–Trinajstić information content (AvgIpc) is 2.62. The number of sulfonamides is 1. The Kier molecular flexibility index (Phi) is 7.26. The third-order valence-corrected chi connectivity index (χ3v) is 7.10. The van der Waals surface area contributed by atoms with Crippen molar-refractivity contribution in [3.63, 3.8) is 0 Å². The van der Waals surface area contributed by atoms with E-state index in [2.05, 4.69) is 13.8 Å². The Hall–Kier alpha value is -1.89. The van der Waals surface area contributed by atoms with Gasteiger partial charge in [-0.3, -0.25) is 0 Å². The van der Waals surface area contributed by atoms with Crippen LogP contribution >= 0.6 is 11.6 Å². The highest BCUT2D eigenvalue weighted by molar-refractivity contribution is 7.89. The van der Waals surface area contributed by atoms with E-state index in [-0.39, 0.29) is 15.5 Å². The van der Waals surface area contributed by atoms with Crippen LogP contribution in [0.15, 0.2) is 41.3 Å². The van der Waals surface area contributed by atoms with Gasteiger partial charge in [-0.1, -0.05) is 45.4 Å². The number of aryl methyl sites for hydroxylation is 1. The van der Waals surface area contributed by atoms with Gasteiger partial charge in [0.05, 0.1) is 10.6 Å². The summed E-state index contributed by atoms with van der Waals surface area (Å²) in [6.45, 7) is 10.3. The number of hydrogen-bond donors (Lipinski definition) is 0. The maximum Gasteiger partial charge on any atom is 0.343 e. The summed E-state index contributed by atoms with van der Waals surface area (Å²) in [6.07, 6.45) is 0. The van der Waals surface area contributed by atoms with Crippen molar-refractivity contribution < 1.29 is 17.9 Å². The normalized spacial score (nSPS) is 11.9. The molecule has 2 rings (SSSR count). The zero-order valence-corrected chi connectivity index (χ0v) is 18.4. The number of nitrogens with zero attached hydrogens (tertiary/aromatic N) is 1. The molecule has 0 heterocycles. The molecule has 7 heteroatoms. The highest BCUT2D eigenvalue weighted by Crippen LogP contribution is 2.27. The lowest BCUT2D eigenvalue weighted by atomic mass is 9.98. The van der Waals surface area contributed by atoms with Crippen molar-refractivity contribution in [2.24, 2.45) is 0 Å². The Labute approximate surface area is 172 Å². The molecule has 28 heavy (non-hydrogen) atoms. The summed E-state index contributed by atoms with van der Waals surface area (Å²) in [4.78, 5) is 12.5. The van der Waals surface area contributed by atoms with Crippen LogP contribution in [-0.4, -0.2) is 31.8 Å². The van der Waals surface area contributed by atoms with Crippen LogP contribution in [0.3, 0.4) is 0 Å². The first-order valence-corrected chi connectivity index (χ1v) is 11.1.